The molecule has 0 spiro atoms. The highest BCUT2D eigenvalue weighted by Crippen LogP contribution is 2.38. The molecule has 0 fully saturated rings. The minimum atomic E-state index is -4.66. The van der Waals surface area contributed by atoms with Crippen LogP contribution in [0.4, 0.5) is 0 Å². The van der Waals surface area contributed by atoms with Crippen molar-refractivity contribution in [1.29, 1.82) is 0 Å². The zero-order valence-electron chi connectivity index (χ0n) is 51.9. The van der Waals surface area contributed by atoms with Crippen molar-refractivity contribution in [2.75, 3.05) is 47.5 Å². The van der Waals surface area contributed by atoms with Crippen molar-refractivity contribution in [1.82, 2.24) is 0 Å². The number of rotatable bonds is 61. The van der Waals surface area contributed by atoms with Gasteiger partial charge in [0.2, 0.25) is 0 Å². The van der Waals surface area contributed by atoms with Crippen molar-refractivity contribution in [2.24, 2.45) is 0 Å². The molecule has 0 saturated heterocycles. The number of carbonyl (C=O) groups is 2. The quantitative estimate of drug-likeness (QED) is 0.0195. The summed E-state index contributed by atoms with van der Waals surface area (Å²) in [5.41, 5.74) is 0. The molecule has 0 radical (unpaired) electrons. The van der Waals surface area contributed by atoms with E-state index in [2.05, 4.69) is 56.4 Å². The number of carbonyl (C=O) groups excluding carboxylic acids is 2. The number of esters is 2. The van der Waals surface area contributed by atoms with Crippen molar-refractivity contribution in [2.45, 2.75) is 315 Å². The van der Waals surface area contributed by atoms with Crippen molar-refractivity contribution >= 4 is 19.8 Å². The van der Waals surface area contributed by atoms with E-state index in [9.17, 15) is 19.0 Å². The van der Waals surface area contributed by atoms with Gasteiger partial charge < -0.3 is 27.9 Å². The standard InChI is InChI=1S/C68H126NO8P/c1-6-8-10-12-14-16-18-20-22-23-24-25-26-27-28-29-30-31-32-33-34-35-36-37-38-39-40-41-42-43-44-45-47-48-50-52-54-56-58-60-67(70)74-64-66(65-76-78(72,73)75-63-62-69(3,4)5)77-68(71)61-59-57-55-53-51-49-46-21-19-17-15-13-11-9-7-2/h9,11,15,17,21,46,51,53,57,59,66H,6-8,10,12-14,16,18-20,22-45,47-50,52,54-56,58,60-65H2,1-5H3/b11-9-,17-15-,46-21-,53-51-,59-57-. The number of phosphoric acid groups is 1. The molecule has 0 saturated carbocycles. The number of hydrogen-bond acceptors (Lipinski definition) is 8. The Morgan fingerprint density at radius 3 is 1.04 bits per heavy atom. The van der Waals surface area contributed by atoms with Gasteiger partial charge in [0.25, 0.3) is 7.82 Å². The van der Waals surface area contributed by atoms with Gasteiger partial charge in [0.05, 0.1) is 34.2 Å². The lowest BCUT2D eigenvalue weighted by molar-refractivity contribution is -0.870. The average Bonchev–Trinajstić information content (AvgIpc) is 3.41. The van der Waals surface area contributed by atoms with Gasteiger partial charge in [-0.3, -0.25) is 14.2 Å². The Balaban J connectivity index is 3.89. The maximum absolute atomic E-state index is 12.7. The molecule has 0 heterocycles. The molecule has 0 aromatic carbocycles. The molecular weight excluding hydrogens is 990 g/mol. The van der Waals surface area contributed by atoms with Crippen LogP contribution >= 0.6 is 7.82 Å². The first-order chi connectivity index (χ1) is 38.0. The van der Waals surface area contributed by atoms with Gasteiger partial charge in [-0.25, -0.2) is 0 Å². The van der Waals surface area contributed by atoms with E-state index in [1.54, 1.807) is 6.08 Å². The summed E-state index contributed by atoms with van der Waals surface area (Å²) in [6.07, 6.45) is 78.0. The lowest BCUT2D eigenvalue weighted by Gasteiger charge is -2.28. The van der Waals surface area contributed by atoms with Crippen LogP contribution in [0.5, 0.6) is 0 Å². The fraction of sp³-hybridized carbons (Fsp3) is 0.824. The number of nitrogens with zero attached hydrogens (tertiary/aromatic N) is 1. The van der Waals surface area contributed by atoms with Crippen LogP contribution in [-0.2, 0) is 32.7 Å². The predicted octanol–water partition coefficient (Wildman–Crippen LogP) is 20.4. The largest absolute Gasteiger partial charge is 0.756 e. The summed E-state index contributed by atoms with van der Waals surface area (Å²) >= 11 is 0. The lowest BCUT2D eigenvalue weighted by Crippen LogP contribution is -2.37. The molecule has 10 heteroatoms. The Kier molecular flexibility index (Phi) is 57.6. The number of hydrogen-bond donors (Lipinski definition) is 0. The van der Waals surface area contributed by atoms with E-state index in [-0.39, 0.29) is 26.1 Å². The van der Waals surface area contributed by atoms with Crippen molar-refractivity contribution in [3.63, 3.8) is 0 Å². The summed E-state index contributed by atoms with van der Waals surface area (Å²) in [6, 6.07) is 0. The monoisotopic (exact) mass is 1120 g/mol. The summed E-state index contributed by atoms with van der Waals surface area (Å²) < 4.78 is 34.0. The smallest absolute Gasteiger partial charge is 0.310 e. The van der Waals surface area contributed by atoms with Gasteiger partial charge in [0.15, 0.2) is 6.10 Å². The molecule has 456 valence electrons. The van der Waals surface area contributed by atoms with Gasteiger partial charge in [-0.1, -0.05) is 319 Å². The van der Waals surface area contributed by atoms with E-state index in [0.29, 0.717) is 17.4 Å². The zero-order chi connectivity index (χ0) is 57.0. The van der Waals surface area contributed by atoms with Crippen LogP contribution < -0.4 is 4.89 Å². The fourth-order valence-electron chi connectivity index (χ4n) is 9.56. The second-order valence-corrected chi connectivity index (χ2v) is 24.9. The van der Waals surface area contributed by atoms with Crippen molar-refractivity contribution in [3.05, 3.63) is 60.8 Å². The van der Waals surface area contributed by atoms with Gasteiger partial charge in [0.1, 0.15) is 19.8 Å². The molecule has 0 aromatic heterocycles. The lowest BCUT2D eigenvalue weighted by atomic mass is 10.0. The minimum absolute atomic E-state index is 0.00716. The molecule has 0 aromatic rings. The van der Waals surface area contributed by atoms with Crippen molar-refractivity contribution < 1.29 is 42.1 Å². The highest BCUT2D eigenvalue weighted by molar-refractivity contribution is 7.45. The Labute approximate surface area is 483 Å². The molecule has 2 atom stereocenters. The number of unbranched alkanes of at least 4 members (excludes halogenated alkanes) is 38. The Morgan fingerprint density at radius 1 is 0.410 bits per heavy atom. The second kappa shape index (κ2) is 59.3. The highest BCUT2D eigenvalue weighted by Gasteiger charge is 2.21. The normalized spacial score (nSPS) is 13.6. The molecule has 0 bridgehead atoms. The Hall–Kier alpha value is -2.29. The van der Waals surface area contributed by atoms with Crippen LogP contribution in [0.25, 0.3) is 0 Å². The molecule has 9 nitrogen and oxygen atoms in total. The molecule has 78 heavy (non-hydrogen) atoms. The predicted molar refractivity (Wildman–Crippen MR) is 333 cm³/mol. The molecule has 0 N–H and O–H groups in total. The maximum atomic E-state index is 12.7. The van der Waals surface area contributed by atoms with Gasteiger partial charge >= 0.3 is 11.9 Å². The maximum Gasteiger partial charge on any atom is 0.310 e. The van der Waals surface area contributed by atoms with E-state index in [4.69, 9.17) is 18.5 Å². The topological polar surface area (TPSA) is 111 Å². The minimum Gasteiger partial charge on any atom is -0.756 e. The van der Waals surface area contributed by atoms with E-state index in [1.807, 2.05) is 33.3 Å². The second-order valence-electron chi connectivity index (χ2n) is 23.5. The van der Waals surface area contributed by atoms with Crippen molar-refractivity contribution in [3.8, 4) is 0 Å². The number of allylic oxidation sites excluding steroid dienone is 9. The molecule has 0 rings (SSSR count). The molecule has 0 aliphatic heterocycles. The van der Waals surface area contributed by atoms with Gasteiger partial charge in [0, 0.05) is 6.42 Å². The zero-order valence-corrected chi connectivity index (χ0v) is 52.8. The molecule has 0 amide bonds. The first-order valence-corrected chi connectivity index (χ1v) is 34.5. The van der Waals surface area contributed by atoms with E-state index in [1.165, 1.54) is 231 Å². The van der Waals surface area contributed by atoms with Crippen LogP contribution in [0.1, 0.15) is 309 Å². The van der Waals surface area contributed by atoms with Gasteiger partial charge in [-0.05, 0) is 38.5 Å². The van der Waals surface area contributed by atoms with Crippen LogP contribution in [0.3, 0.4) is 0 Å². The third-order valence-electron chi connectivity index (χ3n) is 14.6. The van der Waals surface area contributed by atoms with Crippen LogP contribution in [-0.4, -0.2) is 70.0 Å². The summed E-state index contributed by atoms with van der Waals surface area (Å²) in [4.78, 5) is 37.8. The number of likely N-dealkylation sites (N-methyl/N-ethyl adjacent to an activating group) is 1. The van der Waals surface area contributed by atoms with Crippen LogP contribution in [0.2, 0.25) is 0 Å². The first kappa shape index (κ1) is 75.7. The third kappa shape index (κ3) is 62.9. The summed E-state index contributed by atoms with van der Waals surface area (Å²) in [5, 5.41) is 0. The fourth-order valence-corrected chi connectivity index (χ4v) is 10.3. The first-order valence-electron chi connectivity index (χ1n) is 33.0. The van der Waals surface area contributed by atoms with Gasteiger partial charge in [-0.2, -0.15) is 0 Å². The number of quaternary nitrogens is 1. The van der Waals surface area contributed by atoms with Crippen LogP contribution in [0.15, 0.2) is 60.8 Å². The molecule has 0 aliphatic rings. The van der Waals surface area contributed by atoms with Crippen LogP contribution in [0, 0.1) is 0 Å². The summed E-state index contributed by atoms with van der Waals surface area (Å²) in [5.74, 6) is -0.972. The SMILES string of the molecule is CC/C=C\C/C=C\C/C=C\C/C=C\C/C=C\CC(=O)OC(COC(=O)CCCCCCCCCCCCCCCCCCCCCCCCCCCCCCCCCCCCCCCCC)COP(=O)([O-])OCC[N+](C)(C)C. The third-order valence-corrected chi connectivity index (χ3v) is 15.5. The summed E-state index contributed by atoms with van der Waals surface area (Å²) in [6.45, 7) is 4.04. The Bertz CT molecular complexity index is 1500. The number of phosphoric ester groups is 1. The van der Waals surface area contributed by atoms with E-state index < -0.39 is 32.5 Å². The number of ether oxygens (including phenoxy) is 2. The average molecular weight is 1120 g/mol. The van der Waals surface area contributed by atoms with Gasteiger partial charge in [-0.15, -0.1) is 0 Å². The van der Waals surface area contributed by atoms with E-state index >= 15 is 0 Å². The molecule has 2 unspecified atom stereocenters. The molecule has 0 aliphatic carbocycles. The highest BCUT2D eigenvalue weighted by atomic mass is 31.2. The van der Waals surface area contributed by atoms with E-state index in [0.717, 1.165) is 44.9 Å². The Morgan fingerprint density at radius 2 is 0.718 bits per heavy atom. The molecular formula is C68H126NO8P. The summed E-state index contributed by atoms with van der Waals surface area (Å²) in [7, 11) is 1.11.